The Bertz CT molecular complexity index is 1340. The van der Waals surface area contributed by atoms with Gasteiger partial charge < -0.3 is 25.0 Å². The molecule has 1 heterocycles. The van der Waals surface area contributed by atoms with Crippen molar-refractivity contribution >= 4 is 5.97 Å². The standard InChI is InChI=1S/C21H11F5N2O5/c22-11-5-9(8-2-1-3-10(4-8)33-21(24,25)26)6-12(23)15(11)19-27-17-14(30)7-13(29)16(17)18(28-19)20(31)32/h1-7,29-30H,(H,27,28)(H,31,32). The zero-order valence-electron chi connectivity index (χ0n) is 16.0. The third kappa shape index (κ3) is 4.10. The van der Waals surface area contributed by atoms with Gasteiger partial charge in [-0.15, -0.1) is 13.2 Å². The SMILES string of the molecule is O=C(O)c1[nH]c(-c2c(F)cc(-c3cccc(OC(F)(F)F)c3)cc2F)nc2c(O)cc(O)c1-2. The van der Waals surface area contributed by atoms with Crippen molar-refractivity contribution in [2.75, 3.05) is 0 Å². The minimum Gasteiger partial charge on any atom is -0.507 e. The van der Waals surface area contributed by atoms with Gasteiger partial charge in [-0.2, -0.15) is 0 Å². The van der Waals surface area contributed by atoms with E-state index in [-0.39, 0.29) is 16.7 Å². The van der Waals surface area contributed by atoms with Crippen LogP contribution in [0.3, 0.4) is 0 Å². The van der Waals surface area contributed by atoms with E-state index < -0.39 is 64.0 Å². The number of carbonyl (C=O) groups is 1. The van der Waals surface area contributed by atoms with Gasteiger partial charge in [-0.05, 0) is 35.4 Å². The number of rotatable bonds is 4. The van der Waals surface area contributed by atoms with Crippen molar-refractivity contribution in [3.63, 3.8) is 0 Å². The summed E-state index contributed by atoms with van der Waals surface area (Å²) in [6, 6.07) is 6.91. The topological polar surface area (TPSA) is 116 Å². The van der Waals surface area contributed by atoms with E-state index >= 15 is 0 Å². The first-order valence-electron chi connectivity index (χ1n) is 8.98. The highest BCUT2D eigenvalue weighted by Gasteiger charge is 2.31. The highest BCUT2D eigenvalue weighted by Crippen LogP contribution is 2.43. The Labute approximate surface area is 180 Å². The number of carboxylic acids is 1. The van der Waals surface area contributed by atoms with E-state index in [1.165, 1.54) is 12.1 Å². The molecule has 0 fully saturated rings. The minimum atomic E-state index is -4.96. The van der Waals surface area contributed by atoms with Crippen molar-refractivity contribution < 1.29 is 46.8 Å². The number of H-pyrrole nitrogens is 1. The van der Waals surface area contributed by atoms with Gasteiger partial charge in [-0.3, -0.25) is 0 Å². The average Bonchev–Trinajstić information content (AvgIpc) is 2.99. The molecule has 1 aliphatic carbocycles. The van der Waals surface area contributed by atoms with Crippen LogP contribution in [0.25, 0.3) is 33.8 Å². The lowest BCUT2D eigenvalue weighted by Crippen LogP contribution is -2.17. The normalized spacial score (nSPS) is 11.7. The largest absolute Gasteiger partial charge is 0.573 e. The molecule has 170 valence electrons. The molecule has 0 unspecified atom stereocenters. The minimum absolute atomic E-state index is 0.0123. The van der Waals surface area contributed by atoms with E-state index in [1.807, 2.05) is 0 Å². The highest BCUT2D eigenvalue weighted by molar-refractivity contribution is 5.98. The van der Waals surface area contributed by atoms with Crippen LogP contribution in [-0.4, -0.2) is 37.6 Å². The van der Waals surface area contributed by atoms with Crippen LogP contribution in [-0.2, 0) is 0 Å². The smallest absolute Gasteiger partial charge is 0.507 e. The average molecular weight is 466 g/mol. The molecule has 0 radical (unpaired) electrons. The zero-order valence-corrected chi connectivity index (χ0v) is 16.0. The number of nitrogens with one attached hydrogen (secondary N) is 1. The van der Waals surface area contributed by atoms with Crippen molar-refractivity contribution in [1.29, 1.82) is 0 Å². The number of carboxylic acid groups (broad SMARTS) is 1. The highest BCUT2D eigenvalue weighted by atomic mass is 19.4. The molecule has 2 aliphatic rings. The van der Waals surface area contributed by atoms with Gasteiger partial charge in [0.2, 0.25) is 0 Å². The summed E-state index contributed by atoms with van der Waals surface area (Å²) in [6.45, 7) is 0. The fourth-order valence-corrected chi connectivity index (χ4v) is 3.32. The molecule has 4 rings (SSSR count). The molecule has 33 heavy (non-hydrogen) atoms. The second-order valence-electron chi connectivity index (χ2n) is 6.79. The molecule has 0 amide bonds. The number of hydrogen-bond acceptors (Lipinski definition) is 5. The van der Waals surface area contributed by atoms with E-state index in [0.29, 0.717) is 0 Å². The first-order chi connectivity index (χ1) is 15.4. The second kappa shape index (κ2) is 7.65. The monoisotopic (exact) mass is 466 g/mol. The van der Waals surface area contributed by atoms with E-state index in [2.05, 4.69) is 14.7 Å². The molecule has 0 bridgehead atoms. The Hall–Kier alpha value is -4.35. The van der Waals surface area contributed by atoms with Gasteiger partial charge in [0.15, 0.2) is 0 Å². The Morgan fingerprint density at radius 2 is 1.61 bits per heavy atom. The number of hydrogen-bond donors (Lipinski definition) is 4. The first kappa shape index (κ1) is 21.9. The summed E-state index contributed by atoms with van der Waals surface area (Å²) < 4.78 is 71.0. The van der Waals surface area contributed by atoms with E-state index in [9.17, 15) is 42.1 Å². The van der Waals surface area contributed by atoms with Crippen LogP contribution in [0.5, 0.6) is 17.2 Å². The summed E-state index contributed by atoms with van der Waals surface area (Å²) in [5.41, 5.74) is -2.34. The molecule has 4 N–H and O–H groups in total. The van der Waals surface area contributed by atoms with Gasteiger partial charge in [0.25, 0.3) is 0 Å². The number of ether oxygens (including phenoxy) is 1. The Morgan fingerprint density at radius 3 is 2.21 bits per heavy atom. The van der Waals surface area contributed by atoms with Crippen LogP contribution >= 0.6 is 0 Å². The summed E-state index contributed by atoms with van der Waals surface area (Å²) in [4.78, 5) is 17.6. The Kier molecular flexibility index (Phi) is 5.07. The molecule has 0 aromatic heterocycles. The summed E-state index contributed by atoms with van der Waals surface area (Å²) in [7, 11) is 0. The van der Waals surface area contributed by atoms with Crippen LogP contribution in [0.15, 0.2) is 42.5 Å². The third-order valence-corrected chi connectivity index (χ3v) is 4.62. The maximum Gasteiger partial charge on any atom is 0.573 e. The molecule has 0 atom stereocenters. The lowest BCUT2D eigenvalue weighted by atomic mass is 10.0. The fraction of sp³-hybridized carbons (Fsp3) is 0.0476. The molecule has 0 spiro atoms. The van der Waals surface area contributed by atoms with Crippen LogP contribution < -0.4 is 4.74 Å². The fourth-order valence-electron chi connectivity index (χ4n) is 3.32. The molecule has 0 saturated heterocycles. The predicted octanol–water partition coefficient (Wildman–Crippen LogP) is 5.13. The van der Waals surface area contributed by atoms with Crippen LogP contribution in [0.1, 0.15) is 10.5 Å². The van der Waals surface area contributed by atoms with E-state index in [0.717, 1.165) is 30.3 Å². The number of aromatic nitrogens is 2. The van der Waals surface area contributed by atoms with Crippen LogP contribution in [0, 0.1) is 11.6 Å². The van der Waals surface area contributed by atoms with Crippen LogP contribution in [0.4, 0.5) is 22.0 Å². The molecule has 2 aromatic carbocycles. The molecule has 7 nitrogen and oxygen atoms in total. The molecule has 12 heteroatoms. The number of fused-ring (bicyclic) bond motifs is 1. The zero-order chi connectivity index (χ0) is 24.1. The quantitative estimate of drug-likeness (QED) is 0.310. The van der Waals surface area contributed by atoms with Gasteiger partial charge in [-0.25, -0.2) is 18.6 Å². The van der Waals surface area contributed by atoms with Crippen molar-refractivity contribution in [3.8, 4) is 51.0 Å². The summed E-state index contributed by atoms with van der Waals surface area (Å²) in [5.74, 6) is -6.45. The number of alkyl halides is 3. The Morgan fingerprint density at radius 1 is 0.939 bits per heavy atom. The summed E-state index contributed by atoms with van der Waals surface area (Å²) >= 11 is 0. The second-order valence-corrected chi connectivity index (χ2v) is 6.79. The molecule has 0 saturated carbocycles. The number of halogens is 5. The van der Waals surface area contributed by atoms with Crippen molar-refractivity contribution in [1.82, 2.24) is 9.97 Å². The predicted molar refractivity (Wildman–Crippen MR) is 103 cm³/mol. The van der Waals surface area contributed by atoms with Gasteiger partial charge in [0.1, 0.15) is 46.1 Å². The molecular formula is C21H11F5N2O5. The maximum atomic E-state index is 14.9. The molecular weight excluding hydrogens is 455 g/mol. The van der Waals surface area contributed by atoms with Gasteiger partial charge >= 0.3 is 12.3 Å². The number of aromatic hydroxyl groups is 2. The van der Waals surface area contributed by atoms with Crippen LogP contribution in [0.2, 0.25) is 0 Å². The summed E-state index contributed by atoms with van der Waals surface area (Å²) in [5, 5.41) is 29.1. The van der Waals surface area contributed by atoms with E-state index in [4.69, 9.17) is 0 Å². The van der Waals surface area contributed by atoms with Gasteiger partial charge in [0, 0.05) is 6.07 Å². The molecule has 2 aromatic rings. The first-order valence-corrected chi connectivity index (χ1v) is 8.98. The van der Waals surface area contributed by atoms with Crippen molar-refractivity contribution in [2.24, 2.45) is 0 Å². The van der Waals surface area contributed by atoms with Crippen molar-refractivity contribution in [3.05, 3.63) is 59.8 Å². The summed E-state index contributed by atoms with van der Waals surface area (Å²) in [6.07, 6.45) is -4.96. The van der Waals surface area contributed by atoms with E-state index in [1.54, 1.807) is 0 Å². The third-order valence-electron chi connectivity index (χ3n) is 4.62. The lowest BCUT2D eigenvalue weighted by Gasteiger charge is -2.13. The number of aromatic amines is 1. The van der Waals surface area contributed by atoms with Gasteiger partial charge in [0.05, 0.1) is 11.1 Å². The van der Waals surface area contributed by atoms with Gasteiger partial charge in [-0.1, -0.05) is 12.1 Å². The molecule has 1 aliphatic heterocycles. The van der Waals surface area contributed by atoms with Crippen molar-refractivity contribution in [2.45, 2.75) is 6.36 Å². The number of benzene rings is 2. The Balaban J connectivity index is 1.84. The number of aromatic carboxylic acids is 1. The maximum absolute atomic E-state index is 14.9. The number of nitrogens with zero attached hydrogens (tertiary/aromatic N) is 1. The lowest BCUT2D eigenvalue weighted by molar-refractivity contribution is -0.274.